The Morgan fingerprint density at radius 1 is 1.23 bits per heavy atom. The van der Waals surface area contributed by atoms with Gasteiger partial charge in [-0.25, -0.2) is 15.4 Å². The van der Waals surface area contributed by atoms with Crippen LogP contribution in [-0.2, 0) is 20.9 Å². The van der Waals surface area contributed by atoms with Gasteiger partial charge in [0, 0.05) is 24.7 Å². The van der Waals surface area contributed by atoms with E-state index >= 15 is 0 Å². The lowest BCUT2D eigenvalue weighted by Gasteiger charge is -2.27. The molecule has 0 aliphatic carbocycles. The van der Waals surface area contributed by atoms with E-state index in [0.29, 0.717) is 19.2 Å². The molecule has 3 heterocycles. The van der Waals surface area contributed by atoms with Crippen LogP contribution in [0.1, 0.15) is 25.5 Å². The van der Waals surface area contributed by atoms with Gasteiger partial charge < -0.3 is 18.9 Å². The molecule has 2 N–H and O–H groups in total. The molecule has 3 aromatic rings. The summed E-state index contributed by atoms with van der Waals surface area (Å²) in [7, 11) is 0. The minimum atomic E-state index is -0.587. The lowest BCUT2D eigenvalue weighted by Crippen LogP contribution is -2.37. The van der Waals surface area contributed by atoms with Crippen molar-refractivity contribution in [2.45, 2.75) is 26.5 Å². The number of ether oxygens (including phenoxy) is 2. The number of carbonyl (C=O) groups is 1. The first-order valence-corrected chi connectivity index (χ1v) is 10.2. The molecule has 1 amide bonds. The van der Waals surface area contributed by atoms with Crippen molar-refractivity contribution in [3.63, 3.8) is 0 Å². The van der Waals surface area contributed by atoms with Gasteiger partial charge in [-0.05, 0) is 19.4 Å². The first kappa shape index (κ1) is 21.2. The number of nitrogens with zero attached hydrogens (tertiary/aromatic N) is 5. The zero-order valence-corrected chi connectivity index (χ0v) is 17.6. The maximum absolute atomic E-state index is 11.1. The van der Waals surface area contributed by atoms with Crippen molar-refractivity contribution in [1.82, 2.24) is 25.0 Å². The number of hydroxylamine groups is 1. The number of imidazole rings is 1. The Morgan fingerprint density at radius 2 is 1.97 bits per heavy atom. The van der Waals surface area contributed by atoms with Gasteiger partial charge in [-0.2, -0.15) is 4.98 Å². The van der Waals surface area contributed by atoms with Crippen LogP contribution in [0.3, 0.4) is 0 Å². The van der Waals surface area contributed by atoms with E-state index in [1.807, 2.05) is 30.6 Å². The first-order valence-electron chi connectivity index (χ1n) is 10.2. The highest BCUT2D eigenvalue weighted by Gasteiger charge is 2.20. The van der Waals surface area contributed by atoms with Gasteiger partial charge in [0.25, 0.3) is 5.91 Å². The van der Waals surface area contributed by atoms with Gasteiger partial charge >= 0.3 is 0 Å². The molecule has 0 atom stereocenters. The molecule has 0 spiro atoms. The summed E-state index contributed by atoms with van der Waals surface area (Å²) >= 11 is 0. The summed E-state index contributed by atoms with van der Waals surface area (Å²) in [6, 6.07) is 8.00. The number of nitrogens with one attached hydrogen (secondary N) is 1. The quantitative estimate of drug-likeness (QED) is 0.435. The minimum Gasteiger partial charge on any atom is -0.378 e. The Bertz CT molecular complexity index is 1040. The molecule has 164 valence electrons. The van der Waals surface area contributed by atoms with Crippen LogP contribution in [0.25, 0.3) is 22.4 Å². The molecule has 0 unspecified atom stereocenters. The van der Waals surface area contributed by atoms with Crippen molar-refractivity contribution in [1.29, 1.82) is 0 Å². The molecular weight excluding hydrogens is 400 g/mol. The number of carbonyl (C=O) groups excluding carboxylic acids is 1. The number of hydrogen-bond acceptors (Lipinski definition) is 8. The highest BCUT2D eigenvalue weighted by atomic mass is 16.5. The van der Waals surface area contributed by atoms with Crippen LogP contribution in [0.2, 0.25) is 0 Å². The van der Waals surface area contributed by atoms with E-state index in [9.17, 15) is 4.79 Å². The standard InChI is InChI=1S/C21H26N6O4/c1-14(2)27-13-22-19-18(23-21(24-20(19)27)26-7-9-30-10-8-26)16-5-3-15(4-6-16)11-31-12-17(28)25-29/h3-6,13-14,29H,7-12H2,1-2H3,(H,25,28). The molecule has 1 aliphatic heterocycles. The van der Waals surface area contributed by atoms with Gasteiger partial charge in [-0.1, -0.05) is 24.3 Å². The predicted molar refractivity (Wildman–Crippen MR) is 114 cm³/mol. The highest BCUT2D eigenvalue weighted by Crippen LogP contribution is 2.29. The van der Waals surface area contributed by atoms with E-state index < -0.39 is 5.91 Å². The average Bonchev–Trinajstić information content (AvgIpc) is 3.24. The summed E-state index contributed by atoms with van der Waals surface area (Å²) in [5.41, 5.74) is 5.71. The zero-order chi connectivity index (χ0) is 21.8. The third kappa shape index (κ3) is 4.66. The van der Waals surface area contributed by atoms with Gasteiger partial charge in [-0.3, -0.25) is 10.0 Å². The largest absolute Gasteiger partial charge is 0.378 e. The van der Waals surface area contributed by atoms with Crippen molar-refractivity contribution in [3.05, 3.63) is 36.2 Å². The third-order valence-electron chi connectivity index (χ3n) is 5.11. The molecular formula is C21H26N6O4. The van der Waals surface area contributed by atoms with Crippen LogP contribution in [-0.4, -0.2) is 63.5 Å². The number of rotatable bonds is 7. The normalized spacial score (nSPS) is 14.4. The van der Waals surface area contributed by atoms with Crippen molar-refractivity contribution >= 4 is 23.0 Å². The molecule has 4 rings (SSSR count). The topological polar surface area (TPSA) is 115 Å². The predicted octanol–water partition coefficient (Wildman–Crippen LogP) is 1.93. The number of fused-ring (bicyclic) bond motifs is 1. The number of anilines is 1. The molecule has 2 aromatic heterocycles. The fraction of sp³-hybridized carbons (Fsp3) is 0.429. The Hall–Kier alpha value is -3.08. The number of benzene rings is 1. The van der Waals surface area contributed by atoms with Gasteiger partial charge in [0.05, 0.1) is 26.1 Å². The molecule has 1 fully saturated rings. The number of aromatic nitrogens is 4. The van der Waals surface area contributed by atoms with E-state index in [2.05, 4.69) is 28.3 Å². The number of morpholine rings is 1. The minimum absolute atomic E-state index is 0.208. The highest BCUT2D eigenvalue weighted by molar-refractivity contribution is 5.88. The van der Waals surface area contributed by atoms with E-state index in [-0.39, 0.29) is 19.3 Å². The van der Waals surface area contributed by atoms with Gasteiger partial charge in [-0.15, -0.1) is 0 Å². The van der Waals surface area contributed by atoms with Gasteiger partial charge in [0.15, 0.2) is 5.65 Å². The summed E-state index contributed by atoms with van der Waals surface area (Å²) < 4.78 is 12.8. The fourth-order valence-corrected chi connectivity index (χ4v) is 3.44. The smallest absolute Gasteiger partial charge is 0.269 e. The van der Waals surface area contributed by atoms with Crippen molar-refractivity contribution < 1.29 is 19.5 Å². The molecule has 1 saturated heterocycles. The summed E-state index contributed by atoms with van der Waals surface area (Å²) in [4.78, 5) is 27.5. The summed E-state index contributed by atoms with van der Waals surface area (Å²) in [5.74, 6) is 0.0898. The lowest BCUT2D eigenvalue weighted by atomic mass is 10.1. The summed E-state index contributed by atoms with van der Waals surface area (Å²) in [5, 5.41) is 8.52. The molecule has 0 radical (unpaired) electrons. The summed E-state index contributed by atoms with van der Waals surface area (Å²) in [6.07, 6.45) is 1.81. The van der Waals surface area contributed by atoms with Crippen molar-refractivity contribution in [2.24, 2.45) is 0 Å². The Balaban J connectivity index is 1.66. The maximum Gasteiger partial charge on any atom is 0.269 e. The maximum atomic E-state index is 11.1. The van der Waals surface area contributed by atoms with E-state index in [1.165, 1.54) is 0 Å². The lowest BCUT2D eigenvalue weighted by molar-refractivity contribution is -0.134. The van der Waals surface area contributed by atoms with Crippen LogP contribution in [0.4, 0.5) is 5.95 Å². The molecule has 10 heteroatoms. The number of hydrogen-bond donors (Lipinski definition) is 2. The average molecular weight is 426 g/mol. The SMILES string of the molecule is CC(C)n1cnc2c(-c3ccc(COCC(=O)NO)cc3)nc(N3CCOCC3)nc21. The fourth-order valence-electron chi connectivity index (χ4n) is 3.44. The van der Waals surface area contributed by atoms with Gasteiger partial charge in [0.2, 0.25) is 5.95 Å². The van der Waals surface area contributed by atoms with Crippen molar-refractivity contribution in [2.75, 3.05) is 37.8 Å². The second-order valence-corrected chi connectivity index (χ2v) is 7.61. The molecule has 1 aliphatic rings. The van der Waals surface area contributed by atoms with Crippen LogP contribution >= 0.6 is 0 Å². The summed E-state index contributed by atoms with van der Waals surface area (Å²) in [6.45, 7) is 7.06. The van der Waals surface area contributed by atoms with Crippen molar-refractivity contribution in [3.8, 4) is 11.3 Å². The van der Waals surface area contributed by atoms with Crippen LogP contribution < -0.4 is 10.4 Å². The second kappa shape index (κ2) is 9.38. The molecule has 31 heavy (non-hydrogen) atoms. The van der Waals surface area contributed by atoms with E-state index in [0.717, 1.165) is 41.1 Å². The first-order chi connectivity index (χ1) is 15.1. The molecule has 0 bridgehead atoms. The van der Waals surface area contributed by atoms with Crippen LogP contribution in [0.5, 0.6) is 0 Å². The van der Waals surface area contributed by atoms with Crippen LogP contribution in [0, 0.1) is 0 Å². The monoisotopic (exact) mass is 426 g/mol. The van der Waals surface area contributed by atoms with E-state index in [1.54, 1.807) is 5.48 Å². The Labute approximate surface area is 179 Å². The Kier molecular flexibility index (Phi) is 6.40. The zero-order valence-electron chi connectivity index (χ0n) is 17.6. The molecule has 1 aromatic carbocycles. The molecule has 0 saturated carbocycles. The number of amides is 1. The molecule has 10 nitrogen and oxygen atoms in total. The Morgan fingerprint density at radius 3 is 2.65 bits per heavy atom. The van der Waals surface area contributed by atoms with E-state index in [4.69, 9.17) is 24.6 Å². The second-order valence-electron chi connectivity index (χ2n) is 7.61. The third-order valence-corrected chi connectivity index (χ3v) is 5.11. The van der Waals surface area contributed by atoms with Crippen LogP contribution in [0.15, 0.2) is 30.6 Å². The van der Waals surface area contributed by atoms with Gasteiger partial charge in [0.1, 0.15) is 17.8 Å².